The minimum atomic E-state index is -0.352. The molecule has 0 aliphatic carbocycles. The van der Waals surface area contributed by atoms with Crippen LogP contribution in [0, 0.1) is 0 Å². The van der Waals surface area contributed by atoms with Crippen molar-refractivity contribution in [2.45, 2.75) is 19.3 Å². The van der Waals surface area contributed by atoms with Crippen LogP contribution in [0.25, 0.3) is 0 Å². The minimum absolute atomic E-state index is 0.0282. The van der Waals surface area contributed by atoms with Gasteiger partial charge in [-0.3, -0.25) is 24.1 Å². The Hall–Kier alpha value is -3.68. The van der Waals surface area contributed by atoms with E-state index >= 15 is 0 Å². The average Bonchev–Trinajstić information content (AvgIpc) is 3.00. The van der Waals surface area contributed by atoms with Gasteiger partial charge in [0, 0.05) is 39.1 Å². The third-order valence-corrected chi connectivity index (χ3v) is 6.14. The van der Waals surface area contributed by atoms with Crippen molar-refractivity contribution in [3.05, 3.63) is 65.2 Å². The molecule has 2 heterocycles. The minimum Gasteiger partial charge on any atom is -0.497 e. The second kappa shape index (κ2) is 9.85. The topological polar surface area (TPSA) is 87.2 Å². The van der Waals surface area contributed by atoms with Gasteiger partial charge in [-0.1, -0.05) is 24.3 Å². The molecule has 172 valence electrons. The van der Waals surface area contributed by atoms with Crippen molar-refractivity contribution in [2.75, 3.05) is 39.8 Å². The fourth-order valence-corrected chi connectivity index (χ4v) is 4.25. The van der Waals surface area contributed by atoms with Crippen LogP contribution in [0.2, 0.25) is 0 Å². The third kappa shape index (κ3) is 4.89. The summed E-state index contributed by atoms with van der Waals surface area (Å²) in [5.41, 5.74) is 1.69. The molecule has 0 saturated carbocycles. The number of carbonyl (C=O) groups excluding carboxylic acids is 4. The van der Waals surface area contributed by atoms with Gasteiger partial charge in [-0.2, -0.15) is 0 Å². The summed E-state index contributed by atoms with van der Waals surface area (Å²) in [4.78, 5) is 55.1. The Bertz CT molecular complexity index is 1030. The standard InChI is InChI=1S/C25H27N3O5/c1-33-19-9-7-18(8-10-19)17-23(30)27-13-4-12-26(15-16-27)22(29)11-14-28-24(31)20-5-2-3-6-21(20)25(28)32/h2-3,5-10H,4,11-17H2,1H3. The molecule has 0 bridgehead atoms. The van der Waals surface area contributed by atoms with Crippen LogP contribution in [0.5, 0.6) is 5.75 Å². The normalized spacial score (nSPS) is 16.0. The zero-order valence-corrected chi connectivity index (χ0v) is 18.7. The van der Waals surface area contributed by atoms with Crippen LogP contribution in [-0.4, -0.2) is 78.2 Å². The maximum absolute atomic E-state index is 12.8. The van der Waals surface area contributed by atoms with E-state index in [0.29, 0.717) is 50.1 Å². The summed E-state index contributed by atoms with van der Waals surface area (Å²) in [6.45, 7) is 2.11. The van der Waals surface area contributed by atoms with Crippen LogP contribution in [0.3, 0.4) is 0 Å². The van der Waals surface area contributed by atoms with Crippen molar-refractivity contribution >= 4 is 23.6 Å². The summed E-state index contributed by atoms with van der Waals surface area (Å²) in [6.07, 6.45) is 1.07. The molecule has 8 heteroatoms. The van der Waals surface area contributed by atoms with E-state index in [1.165, 1.54) is 0 Å². The maximum atomic E-state index is 12.8. The van der Waals surface area contributed by atoms with Crippen molar-refractivity contribution in [1.82, 2.24) is 14.7 Å². The van der Waals surface area contributed by atoms with E-state index in [1.807, 2.05) is 24.3 Å². The van der Waals surface area contributed by atoms with Gasteiger partial charge in [0.25, 0.3) is 11.8 Å². The first-order chi connectivity index (χ1) is 16.0. The van der Waals surface area contributed by atoms with E-state index < -0.39 is 0 Å². The molecule has 0 radical (unpaired) electrons. The number of methoxy groups -OCH3 is 1. The van der Waals surface area contributed by atoms with E-state index in [1.54, 1.807) is 41.2 Å². The molecule has 0 aromatic heterocycles. The van der Waals surface area contributed by atoms with Gasteiger partial charge in [-0.05, 0) is 36.2 Å². The molecule has 2 aliphatic rings. The van der Waals surface area contributed by atoms with Gasteiger partial charge in [-0.25, -0.2) is 0 Å². The fraction of sp³-hybridized carbons (Fsp3) is 0.360. The predicted octanol–water partition coefficient (Wildman–Crippen LogP) is 1.98. The molecule has 2 aliphatic heterocycles. The Kier molecular flexibility index (Phi) is 6.72. The van der Waals surface area contributed by atoms with Crippen molar-refractivity contribution in [2.24, 2.45) is 0 Å². The molecular weight excluding hydrogens is 422 g/mol. The number of amides is 4. The largest absolute Gasteiger partial charge is 0.497 e. The van der Waals surface area contributed by atoms with Crippen LogP contribution in [0.15, 0.2) is 48.5 Å². The molecule has 4 rings (SSSR count). The Balaban J connectivity index is 1.28. The number of hydrogen-bond acceptors (Lipinski definition) is 5. The van der Waals surface area contributed by atoms with Gasteiger partial charge >= 0.3 is 0 Å². The third-order valence-electron chi connectivity index (χ3n) is 6.14. The summed E-state index contributed by atoms with van der Waals surface area (Å²) in [7, 11) is 1.60. The molecule has 8 nitrogen and oxygen atoms in total. The molecule has 0 atom stereocenters. The first kappa shape index (κ1) is 22.5. The predicted molar refractivity (Wildman–Crippen MR) is 121 cm³/mol. The highest BCUT2D eigenvalue weighted by Gasteiger charge is 2.35. The zero-order chi connectivity index (χ0) is 23.4. The number of rotatable bonds is 6. The van der Waals surface area contributed by atoms with E-state index in [-0.39, 0.29) is 36.6 Å². The zero-order valence-electron chi connectivity index (χ0n) is 18.7. The van der Waals surface area contributed by atoms with Gasteiger partial charge in [0.2, 0.25) is 11.8 Å². The Morgan fingerprint density at radius 1 is 0.818 bits per heavy atom. The quantitative estimate of drug-likeness (QED) is 0.630. The molecule has 4 amide bonds. The van der Waals surface area contributed by atoms with Gasteiger partial charge in [-0.15, -0.1) is 0 Å². The van der Waals surface area contributed by atoms with E-state index in [9.17, 15) is 19.2 Å². The van der Waals surface area contributed by atoms with Crippen LogP contribution < -0.4 is 4.74 Å². The van der Waals surface area contributed by atoms with Crippen molar-refractivity contribution in [3.63, 3.8) is 0 Å². The Labute approximate surface area is 192 Å². The summed E-state index contributed by atoms with van der Waals surface area (Å²) in [6, 6.07) is 14.1. The highest BCUT2D eigenvalue weighted by molar-refractivity contribution is 6.21. The van der Waals surface area contributed by atoms with Crippen LogP contribution >= 0.6 is 0 Å². The lowest BCUT2D eigenvalue weighted by Crippen LogP contribution is -2.39. The van der Waals surface area contributed by atoms with Crippen molar-refractivity contribution in [3.8, 4) is 5.75 Å². The molecule has 0 N–H and O–H groups in total. The highest BCUT2D eigenvalue weighted by atomic mass is 16.5. The highest BCUT2D eigenvalue weighted by Crippen LogP contribution is 2.22. The molecule has 0 spiro atoms. The number of ether oxygens (including phenoxy) is 1. The first-order valence-electron chi connectivity index (χ1n) is 11.1. The monoisotopic (exact) mass is 449 g/mol. The Morgan fingerprint density at radius 3 is 1.97 bits per heavy atom. The lowest BCUT2D eigenvalue weighted by atomic mass is 10.1. The molecule has 1 fully saturated rings. The van der Waals surface area contributed by atoms with Crippen LogP contribution in [-0.2, 0) is 16.0 Å². The number of nitrogens with zero attached hydrogens (tertiary/aromatic N) is 3. The molecular formula is C25H27N3O5. The smallest absolute Gasteiger partial charge is 0.261 e. The number of benzene rings is 2. The van der Waals surface area contributed by atoms with Crippen LogP contribution in [0.4, 0.5) is 0 Å². The van der Waals surface area contributed by atoms with Crippen molar-refractivity contribution in [1.29, 1.82) is 0 Å². The molecule has 1 saturated heterocycles. The lowest BCUT2D eigenvalue weighted by molar-refractivity contribution is -0.133. The van der Waals surface area contributed by atoms with Gasteiger partial charge in [0.15, 0.2) is 0 Å². The van der Waals surface area contributed by atoms with E-state index in [0.717, 1.165) is 16.2 Å². The van der Waals surface area contributed by atoms with Gasteiger partial charge in [0.1, 0.15) is 5.75 Å². The molecule has 0 unspecified atom stereocenters. The fourth-order valence-electron chi connectivity index (χ4n) is 4.25. The van der Waals surface area contributed by atoms with Gasteiger partial charge < -0.3 is 14.5 Å². The first-order valence-corrected chi connectivity index (χ1v) is 11.1. The summed E-state index contributed by atoms with van der Waals surface area (Å²) >= 11 is 0. The number of imide groups is 1. The van der Waals surface area contributed by atoms with E-state index in [2.05, 4.69) is 0 Å². The van der Waals surface area contributed by atoms with E-state index in [4.69, 9.17) is 4.74 Å². The number of hydrogen-bond donors (Lipinski definition) is 0. The van der Waals surface area contributed by atoms with Crippen molar-refractivity contribution < 1.29 is 23.9 Å². The van der Waals surface area contributed by atoms with Gasteiger partial charge in [0.05, 0.1) is 24.7 Å². The average molecular weight is 450 g/mol. The summed E-state index contributed by atoms with van der Waals surface area (Å²) in [5.74, 6) is -0.0445. The summed E-state index contributed by atoms with van der Waals surface area (Å²) < 4.78 is 5.15. The summed E-state index contributed by atoms with van der Waals surface area (Å²) in [5, 5.41) is 0. The molecule has 2 aromatic rings. The second-order valence-electron chi connectivity index (χ2n) is 8.20. The number of carbonyl (C=O) groups is 4. The molecule has 33 heavy (non-hydrogen) atoms. The molecule has 2 aromatic carbocycles. The maximum Gasteiger partial charge on any atom is 0.261 e. The number of fused-ring (bicyclic) bond motifs is 1. The lowest BCUT2D eigenvalue weighted by Gasteiger charge is -2.23. The SMILES string of the molecule is COc1ccc(CC(=O)N2CCCN(C(=O)CCN3C(=O)c4ccccc4C3=O)CC2)cc1. The van der Waals surface area contributed by atoms with Crippen LogP contribution in [0.1, 0.15) is 39.1 Å². The Morgan fingerprint density at radius 2 is 1.39 bits per heavy atom. The second-order valence-corrected chi connectivity index (χ2v) is 8.20.